The predicted molar refractivity (Wildman–Crippen MR) is 81.7 cm³/mol. The van der Waals surface area contributed by atoms with E-state index in [0.29, 0.717) is 28.8 Å². The van der Waals surface area contributed by atoms with Crippen LogP contribution in [0, 0.1) is 34.5 Å². The minimum absolute atomic E-state index is 0.00511. The lowest BCUT2D eigenvalue weighted by Gasteiger charge is -2.59. The van der Waals surface area contributed by atoms with Crippen LogP contribution in [0.1, 0.15) is 71.6 Å². The summed E-state index contributed by atoms with van der Waals surface area (Å²) >= 11 is 0. The van der Waals surface area contributed by atoms with E-state index in [1.54, 1.807) is 0 Å². The van der Waals surface area contributed by atoms with Gasteiger partial charge in [0.2, 0.25) is 0 Å². The molecule has 2 heteroatoms. The molecule has 4 aliphatic rings. The van der Waals surface area contributed by atoms with Crippen molar-refractivity contribution < 1.29 is 9.59 Å². The van der Waals surface area contributed by atoms with Crippen molar-refractivity contribution in [3.05, 3.63) is 0 Å². The van der Waals surface area contributed by atoms with Crippen LogP contribution in [-0.4, -0.2) is 11.6 Å². The molecule has 21 heavy (non-hydrogen) atoms. The van der Waals surface area contributed by atoms with Gasteiger partial charge in [0.15, 0.2) is 0 Å². The van der Waals surface area contributed by atoms with E-state index in [2.05, 4.69) is 13.8 Å². The molecule has 116 valence electrons. The lowest BCUT2D eigenvalue weighted by Crippen LogP contribution is -2.53. The molecular formula is C19H28O2. The average molecular weight is 288 g/mol. The highest BCUT2D eigenvalue weighted by molar-refractivity contribution is 5.87. The Labute approximate surface area is 128 Å². The van der Waals surface area contributed by atoms with Crippen LogP contribution >= 0.6 is 0 Å². The summed E-state index contributed by atoms with van der Waals surface area (Å²) in [5, 5.41) is 0. The first-order valence-electron chi connectivity index (χ1n) is 9.00. The van der Waals surface area contributed by atoms with Gasteiger partial charge in [0.1, 0.15) is 11.6 Å². The maximum Gasteiger partial charge on any atom is 0.139 e. The predicted octanol–water partition coefficient (Wildman–Crippen LogP) is 4.17. The third-order valence-corrected chi connectivity index (χ3v) is 8.19. The molecule has 4 fully saturated rings. The van der Waals surface area contributed by atoms with Gasteiger partial charge < -0.3 is 0 Å². The number of hydrogen-bond acceptors (Lipinski definition) is 2. The number of Topliss-reactive ketones (excluding diaryl/α,β-unsaturated/α-hetero) is 2. The second-order valence-electron chi connectivity index (χ2n) is 8.82. The molecule has 0 spiro atoms. The minimum Gasteiger partial charge on any atom is -0.300 e. The maximum atomic E-state index is 12.4. The summed E-state index contributed by atoms with van der Waals surface area (Å²) in [6, 6.07) is 0. The zero-order valence-electron chi connectivity index (χ0n) is 13.5. The number of carbonyl (C=O) groups excluding carboxylic acids is 2. The van der Waals surface area contributed by atoms with E-state index < -0.39 is 0 Å². The Bertz CT molecular complexity index is 496. The summed E-state index contributed by atoms with van der Waals surface area (Å²) < 4.78 is 0. The molecule has 0 bridgehead atoms. The maximum absolute atomic E-state index is 12.4. The summed E-state index contributed by atoms with van der Waals surface area (Å²) in [4.78, 5) is 24.2. The Morgan fingerprint density at radius 3 is 2.52 bits per heavy atom. The molecule has 2 nitrogen and oxygen atoms in total. The Hall–Kier alpha value is -0.660. The van der Waals surface area contributed by atoms with E-state index in [1.807, 2.05) is 0 Å². The first-order valence-corrected chi connectivity index (χ1v) is 9.00. The van der Waals surface area contributed by atoms with Crippen LogP contribution in [0.3, 0.4) is 0 Å². The summed E-state index contributed by atoms with van der Waals surface area (Å²) in [5.74, 6) is 3.82. The molecule has 4 rings (SSSR count). The molecule has 0 aromatic carbocycles. The van der Waals surface area contributed by atoms with Crippen LogP contribution < -0.4 is 0 Å². The summed E-state index contributed by atoms with van der Waals surface area (Å²) in [5.41, 5.74) is 0.374. The molecule has 0 aromatic heterocycles. The van der Waals surface area contributed by atoms with E-state index in [1.165, 1.54) is 19.3 Å². The van der Waals surface area contributed by atoms with Gasteiger partial charge in [0, 0.05) is 24.7 Å². The second kappa shape index (κ2) is 4.43. The van der Waals surface area contributed by atoms with Crippen molar-refractivity contribution in [1.82, 2.24) is 0 Å². The van der Waals surface area contributed by atoms with Crippen LogP contribution in [0.25, 0.3) is 0 Å². The van der Waals surface area contributed by atoms with Crippen molar-refractivity contribution in [1.29, 1.82) is 0 Å². The molecule has 0 radical (unpaired) electrons. The normalized spacial score (nSPS) is 53.0. The van der Waals surface area contributed by atoms with Gasteiger partial charge in [-0.3, -0.25) is 9.59 Å². The number of ketones is 2. The smallest absolute Gasteiger partial charge is 0.139 e. The van der Waals surface area contributed by atoms with Gasteiger partial charge in [-0.25, -0.2) is 0 Å². The fourth-order valence-electron chi connectivity index (χ4n) is 6.82. The van der Waals surface area contributed by atoms with Crippen molar-refractivity contribution in [2.24, 2.45) is 34.5 Å². The highest BCUT2D eigenvalue weighted by atomic mass is 16.1. The summed E-state index contributed by atoms with van der Waals surface area (Å²) in [6.07, 6.45) is 9.53. The molecule has 0 amide bonds. The highest BCUT2D eigenvalue weighted by Gasteiger charge is 2.60. The molecule has 6 atom stereocenters. The Kier molecular flexibility index (Phi) is 2.94. The molecule has 0 N–H and O–H groups in total. The zero-order chi connectivity index (χ0) is 14.8. The van der Waals surface area contributed by atoms with Crippen LogP contribution in [0.2, 0.25) is 0 Å². The third kappa shape index (κ3) is 1.77. The van der Waals surface area contributed by atoms with E-state index in [4.69, 9.17) is 0 Å². The third-order valence-electron chi connectivity index (χ3n) is 8.19. The van der Waals surface area contributed by atoms with Gasteiger partial charge in [0.05, 0.1) is 0 Å². The molecule has 4 aliphatic carbocycles. The van der Waals surface area contributed by atoms with Gasteiger partial charge in [0.25, 0.3) is 0 Å². The minimum atomic E-state index is -0.00511. The number of hydrogen-bond donors (Lipinski definition) is 0. The van der Waals surface area contributed by atoms with Crippen molar-refractivity contribution >= 4 is 11.6 Å². The quantitative estimate of drug-likeness (QED) is 0.670. The van der Waals surface area contributed by atoms with Crippen molar-refractivity contribution in [2.45, 2.75) is 71.6 Å². The van der Waals surface area contributed by atoms with Crippen molar-refractivity contribution in [3.8, 4) is 0 Å². The summed E-state index contributed by atoms with van der Waals surface area (Å²) in [6.45, 7) is 4.72. The van der Waals surface area contributed by atoms with Crippen LogP contribution in [0.15, 0.2) is 0 Å². The molecule has 4 saturated carbocycles. The Morgan fingerprint density at radius 2 is 1.71 bits per heavy atom. The van der Waals surface area contributed by atoms with E-state index in [-0.39, 0.29) is 5.41 Å². The number of fused-ring (bicyclic) bond motifs is 5. The lowest BCUT2D eigenvalue weighted by atomic mass is 9.45. The molecule has 0 unspecified atom stereocenters. The van der Waals surface area contributed by atoms with E-state index in [9.17, 15) is 9.59 Å². The molecule has 0 aromatic rings. The Morgan fingerprint density at radius 1 is 0.905 bits per heavy atom. The topological polar surface area (TPSA) is 34.1 Å². The van der Waals surface area contributed by atoms with Crippen molar-refractivity contribution in [3.63, 3.8) is 0 Å². The Balaban J connectivity index is 1.65. The van der Waals surface area contributed by atoms with Gasteiger partial charge in [-0.05, 0) is 67.6 Å². The fraction of sp³-hybridized carbons (Fsp3) is 0.895. The molecule has 0 aliphatic heterocycles. The largest absolute Gasteiger partial charge is 0.300 e. The van der Waals surface area contributed by atoms with Crippen LogP contribution in [0.4, 0.5) is 0 Å². The van der Waals surface area contributed by atoms with Gasteiger partial charge in [-0.15, -0.1) is 0 Å². The molecule has 0 saturated heterocycles. The number of rotatable bonds is 0. The van der Waals surface area contributed by atoms with Crippen molar-refractivity contribution in [2.75, 3.05) is 0 Å². The fourth-order valence-corrected chi connectivity index (χ4v) is 6.82. The molecular weight excluding hydrogens is 260 g/mol. The average Bonchev–Trinajstić information content (AvgIpc) is 2.76. The first-order chi connectivity index (χ1) is 9.95. The van der Waals surface area contributed by atoms with Crippen LogP contribution in [0.5, 0.6) is 0 Å². The SMILES string of the molecule is C[C@@]12CCC(=O)C[C@H]1CC[C@@H]1[C@H]2CC[C@@]2(C)C(=O)CC[C@@H]12. The second-order valence-corrected chi connectivity index (χ2v) is 8.82. The zero-order valence-corrected chi connectivity index (χ0v) is 13.5. The van der Waals surface area contributed by atoms with E-state index in [0.717, 1.165) is 50.4 Å². The van der Waals surface area contributed by atoms with Crippen LogP contribution in [-0.2, 0) is 9.59 Å². The van der Waals surface area contributed by atoms with E-state index >= 15 is 0 Å². The monoisotopic (exact) mass is 288 g/mol. The molecule has 0 heterocycles. The highest BCUT2D eigenvalue weighted by Crippen LogP contribution is 2.65. The van der Waals surface area contributed by atoms with Gasteiger partial charge in [-0.1, -0.05) is 13.8 Å². The standard InChI is InChI=1S/C19H28O2/c1-18-9-7-13(20)11-12(18)3-4-14-15-5-6-17(21)19(15,2)10-8-16(14)18/h12,14-16H,3-11H2,1-2H3/t12-,14+,15+,16-,18-,19-/m1/s1. The first kappa shape index (κ1) is 14.0. The summed E-state index contributed by atoms with van der Waals surface area (Å²) in [7, 11) is 0. The number of carbonyl (C=O) groups is 2. The van der Waals surface area contributed by atoms with Gasteiger partial charge >= 0.3 is 0 Å². The van der Waals surface area contributed by atoms with Gasteiger partial charge in [-0.2, -0.15) is 0 Å². The lowest BCUT2D eigenvalue weighted by molar-refractivity contribution is -0.144.